The molecule has 1 unspecified atom stereocenters. The topological polar surface area (TPSA) is 122 Å². The van der Waals surface area contributed by atoms with Gasteiger partial charge >= 0.3 is 12.0 Å². The highest BCUT2D eigenvalue weighted by Gasteiger charge is 2.23. The summed E-state index contributed by atoms with van der Waals surface area (Å²) >= 11 is 0. The Morgan fingerprint density at radius 2 is 2.00 bits per heavy atom. The number of carboxylic acid groups (broad SMARTS) is 1. The van der Waals surface area contributed by atoms with E-state index in [0.717, 1.165) is 12.8 Å². The minimum Gasteiger partial charge on any atom is -0.480 e. The van der Waals surface area contributed by atoms with Gasteiger partial charge in [-0.25, -0.2) is 9.59 Å². The van der Waals surface area contributed by atoms with Crippen LogP contribution in [0.25, 0.3) is 0 Å². The van der Waals surface area contributed by atoms with E-state index in [-0.39, 0.29) is 0 Å². The van der Waals surface area contributed by atoms with E-state index in [4.69, 9.17) is 10.8 Å². The van der Waals surface area contributed by atoms with Gasteiger partial charge in [0.15, 0.2) is 0 Å². The Labute approximate surface area is 98.7 Å². The molecule has 0 saturated heterocycles. The molecule has 1 rings (SSSR count). The third kappa shape index (κ3) is 4.71. The summed E-state index contributed by atoms with van der Waals surface area (Å²) in [4.78, 5) is 32.7. The summed E-state index contributed by atoms with van der Waals surface area (Å²) in [6.07, 6.45) is 2.94. The lowest BCUT2D eigenvalue weighted by Gasteiger charge is -2.25. The largest absolute Gasteiger partial charge is 0.480 e. The van der Waals surface area contributed by atoms with E-state index in [1.54, 1.807) is 0 Å². The number of amides is 3. The first-order valence-electron chi connectivity index (χ1n) is 5.54. The molecule has 0 aromatic heterocycles. The van der Waals surface area contributed by atoms with E-state index in [1.807, 2.05) is 0 Å². The van der Waals surface area contributed by atoms with Gasteiger partial charge in [-0.2, -0.15) is 0 Å². The summed E-state index contributed by atoms with van der Waals surface area (Å²) in [5, 5.41) is 13.5. The first-order valence-corrected chi connectivity index (χ1v) is 5.54. The molecule has 0 aromatic carbocycles. The molecule has 0 bridgehead atoms. The van der Waals surface area contributed by atoms with Gasteiger partial charge in [-0.1, -0.05) is 6.42 Å². The second kappa shape index (κ2) is 6.07. The quantitative estimate of drug-likeness (QED) is 0.498. The number of primary amides is 1. The fraction of sp³-hybridized carbons (Fsp3) is 0.700. The molecule has 17 heavy (non-hydrogen) atoms. The number of carboxylic acids is 1. The Morgan fingerprint density at radius 1 is 1.35 bits per heavy atom. The number of hydrogen-bond donors (Lipinski definition) is 4. The number of urea groups is 1. The molecule has 7 heteroatoms. The monoisotopic (exact) mass is 243 g/mol. The molecule has 0 spiro atoms. The standard InChI is InChI=1S/C10H17N3O4/c11-8(14)4-7(9(15)16)13-10(17)12-5-6-2-1-3-6/h6-7H,1-5H2,(H2,11,14)(H,15,16)(H2,12,13,17). The van der Waals surface area contributed by atoms with Gasteiger partial charge in [0.1, 0.15) is 6.04 Å². The van der Waals surface area contributed by atoms with Gasteiger partial charge in [-0.15, -0.1) is 0 Å². The molecule has 0 radical (unpaired) electrons. The van der Waals surface area contributed by atoms with Crippen LogP contribution in [0.2, 0.25) is 0 Å². The van der Waals surface area contributed by atoms with Gasteiger partial charge in [0, 0.05) is 6.54 Å². The van der Waals surface area contributed by atoms with Crippen molar-refractivity contribution in [2.24, 2.45) is 11.7 Å². The van der Waals surface area contributed by atoms with E-state index >= 15 is 0 Å². The maximum atomic E-state index is 11.3. The highest BCUT2D eigenvalue weighted by atomic mass is 16.4. The predicted molar refractivity (Wildman–Crippen MR) is 59.1 cm³/mol. The SMILES string of the molecule is NC(=O)CC(NC(=O)NCC1CCC1)C(=O)O. The van der Waals surface area contributed by atoms with E-state index in [2.05, 4.69) is 10.6 Å². The zero-order valence-corrected chi connectivity index (χ0v) is 9.44. The number of nitrogens with two attached hydrogens (primary N) is 1. The average molecular weight is 243 g/mol. The lowest BCUT2D eigenvalue weighted by atomic mass is 9.85. The van der Waals surface area contributed by atoms with E-state index in [9.17, 15) is 14.4 Å². The minimum absolute atomic E-state index is 0.411. The number of rotatable bonds is 6. The molecular weight excluding hydrogens is 226 g/mol. The molecule has 1 fully saturated rings. The summed E-state index contributed by atoms with van der Waals surface area (Å²) in [5.74, 6) is -1.56. The van der Waals surface area contributed by atoms with Gasteiger partial charge in [-0.3, -0.25) is 4.79 Å². The first-order chi connectivity index (χ1) is 7.99. The number of carbonyl (C=O) groups excluding carboxylic acids is 2. The van der Waals surface area contributed by atoms with Crippen LogP contribution >= 0.6 is 0 Å². The highest BCUT2D eigenvalue weighted by molar-refractivity contribution is 5.87. The van der Waals surface area contributed by atoms with Crippen molar-refractivity contribution in [1.29, 1.82) is 0 Å². The molecule has 1 aliphatic carbocycles. The smallest absolute Gasteiger partial charge is 0.326 e. The van der Waals surface area contributed by atoms with Gasteiger partial charge in [0.2, 0.25) is 5.91 Å². The Morgan fingerprint density at radius 3 is 2.41 bits per heavy atom. The van der Waals surface area contributed by atoms with Crippen LogP contribution in [0.5, 0.6) is 0 Å². The Kier molecular flexibility index (Phi) is 4.74. The van der Waals surface area contributed by atoms with Crippen molar-refractivity contribution in [3.05, 3.63) is 0 Å². The van der Waals surface area contributed by atoms with Crippen molar-refractivity contribution in [3.63, 3.8) is 0 Å². The van der Waals surface area contributed by atoms with Gasteiger partial charge in [-0.05, 0) is 18.8 Å². The van der Waals surface area contributed by atoms with Crippen LogP contribution < -0.4 is 16.4 Å². The van der Waals surface area contributed by atoms with Gasteiger partial charge in [0.05, 0.1) is 6.42 Å². The first kappa shape index (κ1) is 13.3. The van der Waals surface area contributed by atoms with Crippen molar-refractivity contribution in [3.8, 4) is 0 Å². The van der Waals surface area contributed by atoms with Gasteiger partial charge < -0.3 is 21.5 Å². The zero-order valence-electron chi connectivity index (χ0n) is 9.44. The number of carbonyl (C=O) groups is 3. The number of nitrogens with one attached hydrogen (secondary N) is 2. The van der Waals surface area contributed by atoms with E-state index < -0.39 is 30.4 Å². The summed E-state index contributed by atoms with van der Waals surface area (Å²) < 4.78 is 0. The third-order valence-corrected chi connectivity index (χ3v) is 2.78. The fourth-order valence-electron chi connectivity index (χ4n) is 1.54. The van der Waals surface area contributed by atoms with E-state index in [1.165, 1.54) is 6.42 Å². The molecule has 7 nitrogen and oxygen atoms in total. The molecular formula is C10H17N3O4. The zero-order chi connectivity index (χ0) is 12.8. The summed E-state index contributed by atoms with van der Waals surface area (Å²) in [5.41, 5.74) is 4.89. The van der Waals surface area contributed by atoms with Crippen LogP contribution in [0.4, 0.5) is 4.79 Å². The highest BCUT2D eigenvalue weighted by Crippen LogP contribution is 2.24. The fourth-order valence-corrected chi connectivity index (χ4v) is 1.54. The van der Waals surface area contributed by atoms with Crippen LogP contribution in [0.3, 0.4) is 0 Å². The maximum Gasteiger partial charge on any atom is 0.326 e. The van der Waals surface area contributed by atoms with E-state index in [0.29, 0.717) is 12.5 Å². The predicted octanol–water partition coefficient (Wildman–Crippen LogP) is -0.586. The van der Waals surface area contributed by atoms with Crippen molar-refractivity contribution in [2.45, 2.75) is 31.7 Å². The molecule has 0 aromatic rings. The molecule has 1 atom stereocenters. The molecule has 1 saturated carbocycles. The Bertz CT molecular complexity index is 315. The van der Waals surface area contributed by atoms with Crippen molar-refractivity contribution in [2.75, 3.05) is 6.54 Å². The van der Waals surface area contributed by atoms with Crippen molar-refractivity contribution >= 4 is 17.9 Å². The van der Waals surface area contributed by atoms with Crippen LogP contribution in [0.15, 0.2) is 0 Å². The van der Waals surface area contributed by atoms with Crippen LogP contribution in [0, 0.1) is 5.92 Å². The molecule has 5 N–H and O–H groups in total. The number of hydrogen-bond acceptors (Lipinski definition) is 3. The number of aliphatic carboxylic acids is 1. The lowest BCUT2D eigenvalue weighted by molar-refractivity contribution is -0.140. The molecule has 1 aliphatic rings. The van der Waals surface area contributed by atoms with Crippen LogP contribution in [-0.2, 0) is 9.59 Å². The summed E-state index contributed by atoms with van der Waals surface area (Å²) in [6, 6.07) is -1.85. The summed E-state index contributed by atoms with van der Waals surface area (Å²) in [6.45, 7) is 0.536. The molecule has 96 valence electrons. The van der Waals surface area contributed by atoms with Crippen molar-refractivity contribution in [1.82, 2.24) is 10.6 Å². The third-order valence-electron chi connectivity index (χ3n) is 2.78. The molecule has 0 aliphatic heterocycles. The Hall–Kier alpha value is -1.79. The molecule has 3 amide bonds. The minimum atomic E-state index is -1.28. The average Bonchev–Trinajstić information content (AvgIpc) is 2.13. The second-order valence-electron chi connectivity index (χ2n) is 4.21. The summed E-state index contributed by atoms with van der Waals surface area (Å²) in [7, 11) is 0. The van der Waals surface area contributed by atoms with Crippen molar-refractivity contribution < 1.29 is 19.5 Å². The molecule has 0 heterocycles. The Balaban J connectivity index is 2.29. The normalized spacial score (nSPS) is 16.7. The van der Waals surface area contributed by atoms with Crippen LogP contribution in [-0.4, -0.2) is 35.6 Å². The van der Waals surface area contributed by atoms with Gasteiger partial charge in [0.25, 0.3) is 0 Å². The lowest BCUT2D eigenvalue weighted by Crippen LogP contribution is -2.48. The van der Waals surface area contributed by atoms with Crippen LogP contribution in [0.1, 0.15) is 25.7 Å². The maximum absolute atomic E-state index is 11.3. The second-order valence-corrected chi connectivity index (χ2v) is 4.21.